The molecule has 1 amide bonds. The van der Waals surface area contributed by atoms with E-state index in [0.717, 1.165) is 24.2 Å². The zero-order valence-electron chi connectivity index (χ0n) is 16.3. The van der Waals surface area contributed by atoms with Crippen molar-refractivity contribution in [2.24, 2.45) is 0 Å². The summed E-state index contributed by atoms with van der Waals surface area (Å²) in [6.07, 6.45) is 3.43. The first-order valence-corrected chi connectivity index (χ1v) is 10.6. The molecule has 2 atom stereocenters. The lowest BCUT2D eigenvalue weighted by molar-refractivity contribution is -0.146. The number of carboxylic acid groups (broad SMARTS) is 1. The van der Waals surface area contributed by atoms with Crippen molar-refractivity contribution in [2.45, 2.75) is 56.5 Å². The largest absolute Gasteiger partial charge is 0.480 e. The van der Waals surface area contributed by atoms with Crippen LogP contribution in [0.2, 0.25) is 0 Å². The van der Waals surface area contributed by atoms with Gasteiger partial charge < -0.3 is 9.84 Å². The fraction of sp³-hybridized carbons (Fsp3) is 0.550. The van der Waals surface area contributed by atoms with E-state index < -0.39 is 24.6 Å². The maximum absolute atomic E-state index is 13.1. The van der Waals surface area contributed by atoms with Crippen molar-refractivity contribution < 1.29 is 24.2 Å². The Hall–Kier alpha value is -2.06. The van der Waals surface area contributed by atoms with Crippen molar-refractivity contribution in [1.29, 1.82) is 0 Å². The zero-order chi connectivity index (χ0) is 20.5. The summed E-state index contributed by atoms with van der Waals surface area (Å²) in [4.78, 5) is 39.0. The Kier molecular flexibility index (Phi) is 8.79. The minimum atomic E-state index is -1.08. The van der Waals surface area contributed by atoms with E-state index in [9.17, 15) is 19.5 Å². The summed E-state index contributed by atoms with van der Waals surface area (Å²) in [5.74, 6) is -1.39. The van der Waals surface area contributed by atoms with E-state index in [4.69, 9.17) is 4.74 Å². The van der Waals surface area contributed by atoms with Crippen LogP contribution in [0.4, 0.5) is 5.69 Å². The number of thioether (sulfide) groups is 1. The van der Waals surface area contributed by atoms with Crippen molar-refractivity contribution in [3.63, 3.8) is 0 Å². The summed E-state index contributed by atoms with van der Waals surface area (Å²) in [5, 5.41) is 12.4. The van der Waals surface area contributed by atoms with Crippen molar-refractivity contribution >= 4 is 35.3 Å². The molecule has 0 saturated carbocycles. The van der Waals surface area contributed by atoms with E-state index in [1.54, 1.807) is 19.1 Å². The van der Waals surface area contributed by atoms with E-state index in [0.29, 0.717) is 17.9 Å². The van der Waals surface area contributed by atoms with E-state index >= 15 is 0 Å². The fourth-order valence-electron chi connectivity index (χ4n) is 3.12. The molecule has 0 aliphatic carbocycles. The molecular formula is C20H28N2O5S. The van der Waals surface area contributed by atoms with Crippen LogP contribution < -0.4 is 10.2 Å². The number of ether oxygens (including phenoxy) is 1. The van der Waals surface area contributed by atoms with Gasteiger partial charge in [0.25, 0.3) is 0 Å². The maximum Gasteiger partial charge on any atom is 0.323 e. The number of anilines is 1. The molecule has 0 bridgehead atoms. The van der Waals surface area contributed by atoms with Crippen molar-refractivity contribution in [3.8, 4) is 0 Å². The van der Waals surface area contributed by atoms with Gasteiger partial charge in [-0.3, -0.25) is 24.6 Å². The van der Waals surface area contributed by atoms with Crippen LogP contribution >= 0.6 is 11.8 Å². The molecule has 0 fully saturated rings. The minimum absolute atomic E-state index is 0.273. The van der Waals surface area contributed by atoms with Gasteiger partial charge in [0.05, 0.1) is 18.3 Å². The summed E-state index contributed by atoms with van der Waals surface area (Å²) in [7, 11) is 0. The lowest BCUT2D eigenvalue weighted by atomic mass is 10.1. The van der Waals surface area contributed by atoms with Gasteiger partial charge in [-0.05, 0) is 25.5 Å². The first kappa shape index (κ1) is 22.2. The van der Waals surface area contributed by atoms with Gasteiger partial charge in [-0.1, -0.05) is 38.3 Å². The molecule has 8 heteroatoms. The zero-order valence-corrected chi connectivity index (χ0v) is 17.2. The number of nitrogens with zero attached hydrogens (tertiary/aromatic N) is 1. The SMILES string of the molecule is CCCCCC(NC1CSc2ccccc2N(CC(=O)O)C1=O)C(=O)OCC. The highest BCUT2D eigenvalue weighted by Gasteiger charge is 2.34. The second-order valence-corrected chi connectivity index (χ2v) is 7.68. The average molecular weight is 409 g/mol. The van der Waals surface area contributed by atoms with Crippen LogP contribution in [-0.4, -0.2) is 53.9 Å². The summed E-state index contributed by atoms with van der Waals surface area (Å²) in [5.41, 5.74) is 0.586. The molecular weight excluding hydrogens is 380 g/mol. The predicted molar refractivity (Wildman–Crippen MR) is 109 cm³/mol. The molecule has 1 heterocycles. The molecule has 2 N–H and O–H groups in total. The molecule has 1 aliphatic rings. The minimum Gasteiger partial charge on any atom is -0.480 e. The second-order valence-electron chi connectivity index (χ2n) is 6.62. The highest BCUT2D eigenvalue weighted by molar-refractivity contribution is 7.99. The molecule has 0 aromatic heterocycles. The Balaban J connectivity index is 2.22. The van der Waals surface area contributed by atoms with Crippen LogP contribution in [0.1, 0.15) is 39.5 Å². The molecule has 2 unspecified atom stereocenters. The van der Waals surface area contributed by atoms with Gasteiger partial charge in [0.1, 0.15) is 12.6 Å². The van der Waals surface area contributed by atoms with E-state index in [1.165, 1.54) is 16.7 Å². The van der Waals surface area contributed by atoms with Gasteiger partial charge in [0.15, 0.2) is 0 Å². The van der Waals surface area contributed by atoms with Crippen LogP contribution in [-0.2, 0) is 19.1 Å². The van der Waals surface area contributed by atoms with E-state index in [2.05, 4.69) is 12.2 Å². The Morgan fingerprint density at radius 1 is 1.32 bits per heavy atom. The Morgan fingerprint density at radius 2 is 2.07 bits per heavy atom. The number of unbranched alkanes of at least 4 members (excludes halogenated alkanes) is 2. The molecule has 0 radical (unpaired) electrons. The molecule has 154 valence electrons. The van der Waals surface area contributed by atoms with E-state index in [-0.39, 0.29) is 18.5 Å². The van der Waals surface area contributed by atoms with Crippen LogP contribution in [0.25, 0.3) is 0 Å². The highest BCUT2D eigenvalue weighted by atomic mass is 32.2. The first-order chi connectivity index (χ1) is 13.5. The molecule has 28 heavy (non-hydrogen) atoms. The monoisotopic (exact) mass is 408 g/mol. The number of para-hydroxylation sites is 1. The number of esters is 1. The summed E-state index contributed by atoms with van der Waals surface area (Å²) in [6, 6.07) is 5.99. The second kappa shape index (κ2) is 11.1. The third-order valence-electron chi connectivity index (χ3n) is 4.49. The van der Waals surface area contributed by atoms with Crippen LogP contribution in [0.5, 0.6) is 0 Å². The number of hydrogen-bond donors (Lipinski definition) is 2. The normalized spacial score (nSPS) is 17.6. The Morgan fingerprint density at radius 3 is 2.75 bits per heavy atom. The number of hydrogen-bond acceptors (Lipinski definition) is 6. The van der Waals surface area contributed by atoms with Gasteiger partial charge in [-0.2, -0.15) is 0 Å². The molecule has 2 rings (SSSR count). The predicted octanol–water partition coefficient (Wildman–Crippen LogP) is 2.68. The van der Waals surface area contributed by atoms with Gasteiger partial charge in [0.2, 0.25) is 5.91 Å². The van der Waals surface area contributed by atoms with Crippen molar-refractivity contribution in [1.82, 2.24) is 5.32 Å². The summed E-state index contributed by atoms with van der Waals surface area (Å²) >= 11 is 1.48. The molecule has 1 aliphatic heterocycles. The van der Waals surface area contributed by atoms with E-state index in [1.807, 2.05) is 12.1 Å². The molecule has 1 aromatic carbocycles. The average Bonchev–Trinajstić information content (AvgIpc) is 2.79. The molecule has 0 spiro atoms. The Labute approximate surface area is 169 Å². The maximum atomic E-state index is 13.1. The van der Waals surface area contributed by atoms with Crippen molar-refractivity contribution in [2.75, 3.05) is 23.8 Å². The molecule has 7 nitrogen and oxygen atoms in total. The van der Waals surface area contributed by atoms with Crippen LogP contribution in [0, 0.1) is 0 Å². The number of fused-ring (bicyclic) bond motifs is 1. The fourth-order valence-corrected chi connectivity index (χ4v) is 4.21. The number of carbonyl (C=O) groups excluding carboxylic acids is 2. The third-order valence-corrected chi connectivity index (χ3v) is 5.65. The standard InChI is InChI=1S/C20H28N2O5S/c1-3-5-6-9-14(20(26)27-4-2)21-15-13-28-17-11-8-7-10-16(17)22(19(15)25)12-18(23)24/h7-8,10-11,14-15,21H,3-6,9,12-13H2,1-2H3,(H,23,24). The lowest BCUT2D eigenvalue weighted by Crippen LogP contribution is -2.54. The van der Waals surface area contributed by atoms with Crippen LogP contribution in [0.3, 0.4) is 0 Å². The number of nitrogens with one attached hydrogen (secondary N) is 1. The lowest BCUT2D eigenvalue weighted by Gasteiger charge is -2.27. The molecule has 1 aromatic rings. The number of benzene rings is 1. The Bertz CT molecular complexity index is 697. The van der Waals surface area contributed by atoms with Gasteiger partial charge in [0, 0.05) is 10.6 Å². The number of amides is 1. The molecule has 0 saturated heterocycles. The topological polar surface area (TPSA) is 95.9 Å². The van der Waals surface area contributed by atoms with Gasteiger partial charge in [-0.25, -0.2) is 0 Å². The summed E-state index contributed by atoms with van der Waals surface area (Å²) < 4.78 is 5.17. The van der Waals surface area contributed by atoms with Crippen molar-refractivity contribution in [3.05, 3.63) is 24.3 Å². The quantitative estimate of drug-likeness (QED) is 0.454. The third kappa shape index (κ3) is 5.97. The number of carbonyl (C=O) groups is 3. The first-order valence-electron chi connectivity index (χ1n) is 9.65. The number of aliphatic carboxylic acids is 1. The van der Waals surface area contributed by atoms with Gasteiger partial charge in [-0.15, -0.1) is 11.8 Å². The van der Waals surface area contributed by atoms with Gasteiger partial charge >= 0.3 is 11.9 Å². The number of carboxylic acids is 1. The summed E-state index contributed by atoms with van der Waals surface area (Å²) in [6.45, 7) is 3.68. The highest BCUT2D eigenvalue weighted by Crippen LogP contribution is 2.34. The van der Waals surface area contributed by atoms with Crippen LogP contribution in [0.15, 0.2) is 29.2 Å². The number of rotatable bonds is 10. The smallest absolute Gasteiger partial charge is 0.323 e.